The zero-order chi connectivity index (χ0) is 24.7. The van der Waals surface area contributed by atoms with Crippen molar-refractivity contribution in [3.8, 4) is 0 Å². The number of nitrogens with zero attached hydrogens (tertiary/aromatic N) is 1. The quantitative estimate of drug-likeness (QED) is 0.379. The molecule has 0 fully saturated rings. The molecule has 178 valence electrons. The predicted molar refractivity (Wildman–Crippen MR) is 149 cm³/mol. The highest BCUT2D eigenvalue weighted by molar-refractivity contribution is 6.32. The van der Waals surface area contributed by atoms with Crippen LogP contribution in [0.5, 0.6) is 0 Å². The fourth-order valence-electron chi connectivity index (χ4n) is 5.68. The number of hydrogen-bond acceptors (Lipinski definition) is 1. The van der Waals surface area contributed by atoms with Crippen LogP contribution < -0.4 is 4.90 Å². The molecule has 0 amide bonds. The Labute approximate surface area is 211 Å². The second-order valence-electron chi connectivity index (χ2n) is 10.9. The molecule has 4 rings (SSSR count). The number of fused-ring (bicyclic) bond motifs is 1. The minimum absolute atomic E-state index is 0.0150. The van der Waals surface area contributed by atoms with E-state index in [0.717, 1.165) is 30.7 Å². The molecule has 2 aromatic carbocycles. The van der Waals surface area contributed by atoms with Gasteiger partial charge in [-0.15, -0.1) is 0 Å². The van der Waals surface area contributed by atoms with Gasteiger partial charge in [-0.2, -0.15) is 0 Å². The summed E-state index contributed by atoms with van der Waals surface area (Å²) in [5.41, 5.74) is 10.5. The lowest BCUT2D eigenvalue weighted by molar-refractivity contribution is 0.588. The molecule has 1 aliphatic heterocycles. The van der Waals surface area contributed by atoms with E-state index in [9.17, 15) is 0 Å². The average molecular weight is 472 g/mol. The summed E-state index contributed by atoms with van der Waals surface area (Å²) in [6.07, 6.45) is 8.54. The molecule has 0 bridgehead atoms. The number of anilines is 1. The van der Waals surface area contributed by atoms with E-state index in [1.54, 1.807) is 0 Å². The van der Waals surface area contributed by atoms with E-state index in [0.29, 0.717) is 0 Å². The Hall–Kier alpha value is -2.51. The molecular formula is C32H38ClN. The van der Waals surface area contributed by atoms with Gasteiger partial charge in [0, 0.05) is 34.3 Å². The average Bonchev–Trinajstić information content (AvgIpc) is 3.25. The maximum Gasteiger partial charge on any atom is 0.0447 e. The summed E-state index contributed by atoms with van der Waals surface area (Å²) in [5.74, 6) is 0. The summed E-state index contributed by atoms with van der Waals surface area (Å²) >= 11 is 6.91. The molecule has 0 saturated carbocycles. The van der Waals surface area contributed by atoms with Gasteiger partial charge in [0.25, 0.3) is 0 Å². The topological polar surface area (TPSA) is 3.24 Å². The highest BCUT2D eigenvalue weighted by Crippen LogP contribution is 2.47. The van der Waals surface area contributed by atoms with E-state index in [-0.39, 0.29) is 10.8 Å². The summed E-state index contributed by atoms with van der Waals surface area (Å²) in [7, 11) is 2.16. The van der Waals surface area contributed by atoms with Crippen molar-refractivity contribution >= 4 is 17.3 Å². The molecule has 0 saturated heterocycles. The van der Waals surface area contributed by atoms with Gasteiger partial charge < -0.3 is 4.90 Å². The number of rotatable bonds is 6. The van der Waals surface area contributed by atoms with E-state index in [1.807, 2.05) is 0 Å². The lowest BCUT2D eigenvalue weighted by Gasteiger charge is -2.30. The maximum atomic E-state index is 6.91. The second-order valence-corrected chi connectivity index (χ2v) is 11.3. The summed E-state index contributed by atoms with van der Waals surface area (Å²) < 4.78 is 0. The van der Waals surface area contributed by atoms with Crippen LogP contribution in [0.2, 0.25) is 0 Å². The van der Waals surface area contributed by atoms with Crippen molar-refractivity contribution in [3.05, 3.63) is 111 Å². The second kappa shape index (κ2) is 9.27. The highest BCUT2D eigenvalue weighted by Gasteiger charge is 2.37. The minimum atomic E-state index is -0.0479. The fraction of sp³-hybridized carbons (Fsp3) is 0.375. The van der Waals surface area contributed by atoms with E-state index in [4.69, 9.17) is 11.6 Å². The van der Waals surface area contributed by atoms with Crippen molar-refractivity contribution in [2.75, 3.05) is 11.9 Å². The number of aryl methyl sites for hydroxylation is 1. The number of hydrogen-bond donors (Lipinski definition) is 0. The zero-order valence-corrected chi connectivity index (χ0v) is 22.4. The third-order valence-corrected chi connectivity index (χ3v) is 8.61. The van der Waals surface area contributed by atoms with Crippen LogP contribution in [0.4, 0.5) is 5.69 Å². The van der Waals surface area contributed by atoms with Gasteiger partial charge in [-0.1, -0.05) is 106 Å². The summed E-state index contributed by atoms with van der Waals surface area (Å²) in [4.78, 5) is 2.32. The smallest absolute Gasteiger partial charge is 0.0447 e. The molecule has 1 aliphatic carbocycles. The van der Waals surface area contributed by atoms with Crippen LogP contribution in [0.3, 0.4) is 0 Å². The lowest BCUT2D eigenvalue weighted by atomic mass is 9.74. The Morgan fingerprint density at radius 1 is 1.06 bits per heavy atom. The first-order valence-corrected chi connectivity index (χ1v) is 12.8. The summed E-state index contributed by atoms with van der Waals surface area (Å²) in [6, 6.07) is 17.3. The van der Waals surface area contributed by atoms with Crippen LogP contribution in [0.25, 0.3) is 0 Å². The normalized spacial score (nSPS) is 19.9. The molecule has 0 unspecified atom stereocenters. The molecule has 0 atom stereocenters. The first kappa shape index (κ1) is 24.6. The third kappa shape index (κ3) is 4.31. The van der Waals surface area contributed by atoms with Gasteiger partial charge in [0.05, 0.1) is 0 Å². The number of allylic oxidation sites excluding steroid dienone is 7. The predicted octanol–water partition coefficient (Wildman–Crippen LogP) is 9.13. The minimum Gasteiger partial charge on any atom is -0.347 e. The van der Waals surface area contributed by atoms with Crippen LogP contribution in [-0.2, 0) is 10.8 Å². The van der Waals surface area contributed by atoms with Crippen LogP contribution in [-0.4, -0.2) is 7.05 Å². The highest BCUT2D eigenvalue weighted by atomic mass is 35.5. The Morgan fingerprint density at radius 2 is 1.74 bits per heavy atom. The number of likely N-dealkylation sites (N-methyl/N-ethyl adjacent to an activating group) is 1. The molecule has 0 spiro atoms. The zero-order valence-electron chi connectivity index (χ0n) is 21.6. The van der Waals surface area contributed by atoms with Crippen LogP contribution in [0.15, 0.2) is 94.7 Å². The maximum absolute atomic E-state index is 6.91. The molecule has 0 aromatic heterocycles. The van der Waals surface area contributed by atoms with Gasteiger partial charge in [-0.05, 0) is 67.0 Å². The molecule has 0 N–H and O–H groups in total. The van der Waals surface area contributed by atoms with Crippen molar-refractivity contribution in [1.29, 1.82) is 0 Å². The fourth-order valence-corrected chi connectivity index (χ4v) is 6.03. The standard InChI is InChI=1S/C32H38ClN/c1-22-12-8-9-13-26(22)31(3,4)23(2)16-17-24-18-19-25(30(24)33)20-21-29-32(5,6)27-14-10-11-15-28(27)34(29)7/h8-15,20-21H,2,16-19H2,1,3-7H3/b25-20+,29-21+. The molecule has 0 radical (unpaired) electrons. The van der Waals surface area contributed by atoms with Crippen molar-refractivity contribution in [3.63, 3.8) is 0 Å². The largest absolute Gasteiger partial charge is 0.347 e. The number of para-hydroxylation sites is 1. The SMILES string of the molecule is C=C(CCC1=C(Cl)/C(=C/C=C2/N(C)c3ccccc3C2(C)C)CC1)C(C)(C)c1ccccc1C. The third-order valence-electron chi connectivity index (χ3n) is 8.10. The molecular weight excluding hydrogens is 434 g/mol. The number of benzene rings is 2. The van der Waals surface area contributed by atoms with Crippen molar-refractivity contribution < 1.29 is 0 Å². The Bertz CT molecular complexity index is 1210. The van der Waals surface area contributed by atoms with E-state index < -0.39 is 0 Å². The Morgan fingerprint density at radius 3 is 2.44 bits per heavy atom. The molecule has 2 aromatic rings. The van der Waals surface area contributed by atoms with Gasteiger partial charge >= 0.3 is 0 Å². The molecule has 2 aliphatic rings. The molecule has 34 heavy (non-hydrogen) atoms. The number of halogens is 1. The van der Waals surface area contributed by atoms with Gasteiger partial charge in [-0.25, -0.2) is 0 Å². The van der Waals surface area contributed by atoms with E-state index in [2.05, 4.69) is 114 Å². The van der Waals surface area contributed by atoms with Gasteiger partial charge in [0.15, 0.2) is 0 Å². The van der Waals surface area contributed by atoms with Gasteiger partial charge in [-0.3, -0.25) is 0 Å². The van der Waals surface area contributed by atoms with Crippen LogP contribution >= 0.6 is 11.6 Å². The van der Waals surface area contributed by atoms with Gasteiger partial charge in [0.2, 0.25) is 0 Å². The summed E-state index contributed by atoms with van der Waals surface area (Å²) in [5, 5.41) is 0.967. The first-order valence-electron chi connectivity index (χ1n) is 12.4. The molecule has 1 heterocycles. The lowest BCUT2D eigenvalue weighted by Crippen LogP contribution is -2.22. The summed E-state index contributed by atoms with van der Waals surface area (Å²) in [6.45, 7) is 15.9. The molecule has 2 heteroatoms. The van der Waals surface area contributed by atoms with Crippen LogP contribution in [0.1, 0.15) is 70.1 Å². The molecule has 1 nitrogen and oxygen atoms in total. The van der Waals surface area contributed by atoms with E-state index >= 15 is 0 Å². The van der Waals surface area contributed by atoms with E-state index in [1.165, 1.54) is 44.8 Å². The van der Waals surface area contributed by atoms with Crippen molar-refractivity contribution in [1.82, 2.24) is 0 Å². The van der Waals surface area contributed by atoms with Gasteiger partial charge in [0.1, 0.15) is 0 Å². The first-order chi connectivity index (χ1) is 16.0. The monoisotopic (exact) mass is 471 g/mol. The van der Waals surface area contributed by atoms with Crippen molar-refractivity contribution in [2.45, 2.75) is 71.1 Å². The van der Waals surface area contributed by atoms with Crippen LogP contribution in [0, 0.1) is 6.92 Å². The van der Waals surface area contributed by atoms with Crippen molar-refractivity contribution in [2.24, 2.45) is 0 Å². The Kier molecular flexibility index (Phi) is 6.71. The Balaban J connectivity index is 1.49.